The third kappa shape index (κ3) is 10.4. The smallest absolute Gasteiger partial charge is 0.413 e. The number of nitrogens with zero attached hydrogens (tertiary/aromatic N) is 1. The summed E-state index contributed by atoms with van der Waals surface area (Å²) in [6.07, 6.45) is 2.54. The highest BCUT2D eigenvalue weighted by molar-refractivity contribution is 5.73. The fourth-order valence-electron chi connectivity index (χ4n) is 2.90. The zero-order chi connectivity index (χ0) is 25.6. The molecule has 0 aliphatic heterocycles. The first-order chi connectivity index (χ1) is 15.5. The number of benzene rings is 1. The molecular formula is C26H39NO6. The lowest BCUT2D eigenvalue weighted by Crippen LogP contribution is -2.47. The van der Waals surface area contributed by atoms with Crippen molar-refractivity contribution in [2.24, 2.45) is 0 Å². The van der Waals surface area contributed by atoms with Gasteiger partial charge in [0.25, 0.3) is 0 Å². The number of ether oxygens (including phenoxy) is 2. The Balaban J connectivity index is 0.00000497. The lowest BCUT2D eigenvalue weighted by Gasteiger charge is -2.37. The largest absolute Gasteiger partial charge is 0.497 e. The summed E-state index contributed by atoms with van der Waals surface area (Å²) < 4.78 is 10.7. The summed E-state index contributed by atoms with van der Waals surface area (Å²) in [5.74, 6) is -0.628. The lowest BCUT2D eigenvalue weighted by molar-refractivity contribution is -0.139. The second-order valence-corrected chi connectivity index (χ2v) is 7.86. The molecule has 2 atom stereocenters. The van der Waals surface area contributed by atoms with Gasteiger partial charge >= 0.3 is 12.1 Å². The number of amides is 1. The molecule has 184 valence electrons. The molecule has 0 aromatic heterocycles. The van der Waals surface area contributed by atoms with Crippen LogP contribution in [0.2, 0.25) is 0 Å². The quantitative estimate of drug-likeness (QED) is 0.258. The monoisotopic (exact) mass is 461 g/mol. The number of carboxylic acids is 1. The van der Waals surface area contributed by atoms with Crippen molar-refractivity contribution >= 4 is 12.1 Å². The predicted molar refractivity (Wildman–Crippen MR) is 131 cm³/mol. The van der Waals surface area contributed by atoms with E-state index in [-0.39, 0.29) is 0 Å². The van der Waals surface area contributed by atoms with Gasteiger partial charge in [0.2, 0.25) is 0 Å². The maximum Gasteiger partial charge on any atom is 0.413 e. The van der Waals surface area contributed by atoms with E-state index in [0.717, 1.165) is 4.90 Å². The van der Waals surface area contributed by atoms with Crippen molar-refractivity contribution in [2.45, 2.75) is 72.3 Å². The lowest BCUT2D eigenvalue weighted by atomic mass is 10.00. The summed E-state index contributed by atoms with van der Waals surface area (Å²) in [5, 5.41) is 20.7. The number of carbonyl (C=O) groups is 2. The SMILES string of the molecule is C=C/C(=C\C=C(/CC)C(O)N(C(=O)OC(C)(C)C)C(CC(=O)O)c1ccccc1)OC.CC. The number of carboxylic acid groups (broad SMARTS) is 1. The van der Waals surface area contributed by atoms with Gasteiger partial charge in [0, 0.05) is 0 Å². The highest BCUT2D eigenvalue weighted by Crippen LogP contribution is 2.31. The van der Waals surface area contributed by atoms with Gasteiger partial charge in [0.05, 0.1) is 19.6 Å². The van der Waals surface area contributed by atoms with Gasteiger partial charge in [-0.2, -0.15) is 0 Å². The molecule has 0 radical (unpaired) electrons. The van der Waals surface area contributed by atoms with E-state index in [2.05, 4.69) is 6.58 Å². The van der Waals surface area contributed by atoms with E-state index >= 15 is 0 Å². The Labute approximate surface area is 198 Å². The van der Waals surface area contributed by atoms with Crippen LogP contribution < -0.4 is 0 Å². The number of aliphatic hydroxyl groups excluding tert-OH is 1. The van der Waals surface area contributed by atoms with E-state index < -0.39 is 36.4 Å². The molecule has 7 heteroatoms. The number of aliphatic carboxylic acids is 1. The molecule has 2 unspecified atom stereocenters. The Hall–Kier alpha value is -3.06. The second kappa shape index (κ2) is 14.9. The summed E-state index contributed by atoms with van der Waals surface area (Å²) >= 11 is 0. The van der Waals surface area contributed by atoms with E-state index in [1.54, 1.807) is 63.3 Å². The van der Waals surface area contributed by atoms with Crippen molar-refractivity contribution < 1.29 is 29.3 Å². The molecular weight excluding hydrogens is 422 g/mol. The molecule has 0 aliphatic rings. The Morgan fingerprint density at radius 3 is 2.15 bits per heavy atom. The van der Waals surface area contributed by atoms with Crippen LogP contribution in [-0.2, 0) is 14.3 Å². The van der Waals surface area contributed by atoms with E-state index in [9.17, 15) is 19.8 Å². The topological polar surface area (TPSA) is 96.3 Å². The van der Waals surface area contributed by atoms with Crippen LogP contribution in [0.5, 0.6) is 0 Å². The minimum Gasteiger partial charge on any atom is -0.497 e. The molecule has 0 aliphatic carbocycles. The Morgan fingerprint density at radius 1 is 1.15 bits per heavy atom. The summed E-state index contributed by atoms with van der Waals surface area (Å²) in [7, 11) is 1.49. The molecule has 1 rings (SSSR count). The normalized spacial score (nSPS) is 13.7. The van der Waals surface area contributed by atoms with Gasteiger partial charge < -0.3 is 19.7 Å². The van der Waals surface area contributed by atoms with Gasteiger partial charge in [-0.15, -0.1) is 0 Å². The van der Waals surface area contributed by atoms with E-state index in [1.165, 1.54) is 13.2 Å². The minimum atomic E-state index is -1.41. The standard InChI is InChI=1S/C24H33NO6.C2H6/c1-7-17(14-15-19(8-2)30-6)22(28)25(23(29)31-24(3,4)5)20(16-21(26)27)18-12-10-9-11-13-18;1-2/h8-15,20,22,28H,2,7,16H2,1,3-6H3,(H,26,27);1-2H3/b17-14+,19-15+;. The summed E-state index contributed by atoms with van der Waals surface area (Å²) in [6, 6.07) is 7.78. The first-order valence-corrected chi connectivity index (χ1v) is 11.1. The molecule has 33 heavy (non-hydrogen) atoms. The predicted octanol–water partition coefficient (Wildman–Crippen LogP) is 5.84. The zero-order valence-electron chi connectivity index (χ0n) is 20.9. The molecule has 0 fully saturated rings. The zero-order valence-corrected chi connectivity index (χ0v) is 20.9. The minimum absolute atomic E-state index is 0.400. The van der Waals surface area contributed by atoms with Crippen molar-refractivity contribution in [3.05, 3.63) is 72.0 Å². The molecule has 0 heterocycles. The molecule has 2 N–H and O–H groups in total. The van der Waals surface area contributed by atoms with Crippen molar-refractivity contribution in [2.75, 3.05) is 7.11 Å². The van der Waals surface area contributed by atoms with Crippen LogP contribution in [0, 0.1) is 0 Å². The molecule has 0 saturated heterocycles. The first kappa shape index (κ1) is 29.9. The maximum atomic E-state index is 13.1. The average Bonchev–Trinajstić information content (AvgIpc) is 2.77. The average molecular weight is 462 g/mol. The van der Waals surface area contributed by atoms with Crippen LogP contribution in [0.4, 0.5) is 4.79 Å². The van der Waals surface area contributed by atoms with Crippen molar-refractivity contribution in [1.82, 2.24) is 4.90 Å². The molecule has 0 spiro atoms. The summed E-state index contributed by atoms with van der Waals surface area (Å²) in [5.41, 5.74) is 0.222. The second-order valence-electron chi connectivity index (χ2n) is 7.86. The number of rotatable bonds is 10. The highest BCUT2D eigenvalue weighted by atomic mass is 16.6. The molecule has 0 bridgehead atoms. The van der Waals surface area contributed by atoms with E-state index in [4.69, 9.17) is 9.47 Å². The fourth-order valence-corrected chi connectivity index (χ4v) is 2.90. The Morgan fingerprint density at radius 2 is 1.73 bits per heavy atom. The number of carbonyl (C=O) groups excluding carboxylic acids is 1. The van der Waals surface area contributed by atoms with Gasteiger partial charge in [-0.05, 0) is 50.5 Å². The van der Waals surface area contributed by atoms with Gasteiger partial charge in [-0.3, -0.25) is 9.69 Å². The van der Waals surface area contributed by atoms with Crippen LogP contribution in [0.25, 0.3) is 0 Å². The number of hydrogen-bond acceptors (Lipinski definition) is 5. The molecule has 1 aromatic carbocycles. The Kier molecular flexibility index (Phi) is 13.5. The van der Waals surface area contributed by atoms with Gasteiger partial charge in [-0.25, -0.2) is 4.79 Å². The van der Waals surface area contributed by atoms with Crippen LogP contribution >= 0.6 is 0 Å². The van der Waals surface area contributed by atoms with Gasteiger partial charge in [-0.1, -0.05) is 63.8 Å². The van der Waals surface area contributed by atoms with Crippen molar-refractivity contribution in [3.8, 4) is 0 Å². The molecule has 7 nitrogen and oxygen atoms in total. The summed E-state index contributed by atoms with van der Waals surface area (Å²) in [4.78, 5) is 25.9. The van der Waals surface area contributed by atoms with E-state index in [0.29, 0.717) is 23.3 Å². The Bertz CT molecular complexity index is 808. The van der Waals surface area contributed by atoms with Gasteiger partial charge in [0.15, 0.2) is 6.23 Å². The van der Waals surface area contributed by atoms with Crippen LogP contribution in [0.3, 0.4) is 0 Å². The fraction of sp³-hybridized carbons (Fsp3) is 0.462. The first-order valence-electron chi connectivity index (χ1n) is 11.1. The number of hydrogen-bond donors (Lipinski definition) is 2. The molecule has 1 amide bonds. The summed E-state index contributed by atoms with van der Waals surface area (Å²) in [6.45, 7) is 14.6. The van der Waals surface area contributed by atoms with Crippen molar-refractivity contribution in [1.29, 1.82) is 0 Å². The van der Waals surface area contributed by atoms with Crippen LogP contribution in [0.15, 0.2) is 66.5 Å². The number of methoxy groups -OCH3 is 1. The van der Waals surface area contributed by atoms with Gasteiger partial charge in [0.1, 0.15) is 11.4 Å². The highest BCUT2D eigenvalue weighted by Gasteiger charge is 2.36. The number of aliphatic hydroxyl groups is 1. The van der Waals surface area contributed by atoms with Crippen molar-refractivity contribution in [3.63, 3.8) is 0 Å². The van der Waals surface area contributed by atoms with Crippen LogP contribution in [0.1, 0.15) is 66.0 Å². The van der Waals surface area contributed by atoms with E-state index in [1.807, 2.05) is 20.8 Å². The molecule has 0 saturated carbocycles. The third-order valence-electron chi connectivity index (χ3n) is 4.39. The van der Waals surface area contributed by atoms with Crippen LogP contribution in [-0.4, -0.2) is 46.1 Å². The molecule has 1 aromatic rings. The third-order valence-corrected chi connectivity index (χ3v) is 4.39. The maximum absolute atomic E-state index is 13.1. The number of allylic oxidation sites excluding steroid dienone is 3.